The van der Waals surface area contributed by atoms with Crippen molar-refractivity contribution in [1.82, 2.24) is 14.5 Å². The molecule has 0 aliphatic carbocycles. The number of benzene rings is 2. The normalized spacial score (nSPS) is 11.7. The van der Waals surface area contributed by atoms with E-state index in [1.54, 1.807) is 17.6 Å². The Labute approximate surface area is 173 Å². The molecule has 0 saturated carbocycles. The Kier molecular flexibility index (Phi) is 4.88. The summed E-state index contributed by atoms with van der Waals surface area (Å²) >= 11 is 0. The molecule has 0 amide bonds. The Morgan fingerprint density at radius 3 is 2.42 bits per heavy atom. The van der Waals surface area contributed by atoms with Crippen LogP contribution < -0.4 is 20.6 Å². The Balaban J connectivity index is 1.80. The maximum Gasteiger partial charge on any atom is 0.416 e. The molecular weight excluding hydrogens is 416 g/mol. The van der Waals surface area contributed by atoms with Crippen molar-refractivity contribution in [2.75, 3.05) is 18.2 Å². The van der Waals surface area contributed by atoms with Crippen molar-refractivity contribution >= 4 is 28.5 Å². The Morgan fingerprint density at radius 1 is 1.06 bits per heavy atom. The van der Waals surface area contributed by atoms with Gasteiger partial charge in [-0.3, -0.25) is 9.88 Å². The Morgan fingerprint density at radius 2 is 1.77 bits per heavy atom. The fourth-order valence-corrected chi connectivity index (χ4v) is 3.21. The lowest BCUT2D eigenvalue weighted by Gasteiger charge is -2.11. The van der Waals surface area contributed by atoms with Gasteiger partial charge in [-0.05, 0) is 48.1 Å². The predicted octanol–water partition coefficient (Wildman–Crippen LogP) is 3.56. The van der Waals surface area contributed by atoms with E-state index in [1.165, 1.54) is 42.2 Å². The molecule has 0 spiro atoms. The molecule has 31 heavy (non-hydrogen) atoms. The number of nitrogens with zero attached hydrogens (tertiary/aromatic N) is 4. The molecule has 11 heteroatoms. The topological polar surface area (TPSA) is 81.9 Å². The van der Waals surface area contributed by atoms with Gasteiger partial charge in [-0.1, -0.05) is 4.98 Å². The van der Waals surface area contributed by atoms with Crippen molar-refractivity contribution in [2.24, 2.45) is 0 Å². The van der Waals surface area contributed by atoms with Crippen LogP contribution in [0.25, 0.3) is 16.9 Å². The molecule has 0 aliphatic heterocycles. The first-order valence-electron chi connectivity index (χ1n) is 9.03. The quantitative estimate of drug-likeness (QED) is 0.380. The van der Waals surface area contributed by atoms with Gasteiger partial charge in [0.1, 0.15) is 18.8 Å². The average molecular weight is 433 g/mol. The first-order valence-corrected chi connectivity index (χ1v) is 9.03. The molecule has 0 radical (unpaired) electrons. The van der Waals surface area contributed by atoms with Gasteiger partial charge in [-0.25, -0.2) is 9.37 Å². The van der Waals surface area contributed by atoms with Crippen LogP contribution >= 0.6 is 0 Å². The van der Waals surface area contributed by atoms with Crippen LogP contribution in [0.15, 0.2) is 48.5 Å². The van der Waals surface area contributed by atoms with Crippen molar-refractivity contribution < 1.29 is 27.1 Å². The van der Waals surface area contributed by atoms with Gasteiger partial charge in [0.2, 0.25) is 11.6 Å². The minimum atomic E-state index is -4.44. The molecule has 2 aromatic carbocycles. The number of imidazole rings is 1. The molecule has 7 nitrogen and oxygen atoms in total. The highest BCUT2D eigenvalue weighted by Crippen LogP contribution is 2.30. The second-order valence-corrected chi connectivity index (χ2v) is 6.67. The highest BCUT2D eigenvalue weighted by molar-refractivity contribution is 5.78. The molecule has 160 valence electrons. The lowest BCUT2D eigenvalue weighted by molar-refractivity contribution is -0.864. The largest absolute Gasteiger partial charge is 0.416 e. The number of anilines is 3. The van der Waals surface area contributed by atoms with Crippen LogP contribution in [0.4, 0.5) is 35.0 Å². The third kappa shape index (κ3) is 3.81. The molecule has 4 aromatic rings. The van der Waals surface area contributed by atoms with Crippen LogP contribution in [0.3, 0.4) is 0 Å². The van der Waals surface area contributed by atoms with Crippen LogP contribution in [-0.2, 0) is 6.18 Å². The van der Waals surface area contributed by atoms with E-state index in [0.717, 1.165) is 12.1 Å². The summed E-state index contributed by atoms with van der Waals surface area (Å²) < 4.78 is 55.1. The number of alkyl halides is 3. The summed E-state index contributed by atoms with van der Waals surface area (Å²) in [6, 6.07) is 10.1. The number of hydrogen-bond donors (Lipinski definition) is 2. The van der Waals surface area contributed by atoms with Crippen molar-refractivity contribution in [3.63, 3.8) is 0 Å². The van der Waals surface area contributed by atoms with Gasteiger partial charge in [-0.15, -0.1) is 0 Å². The molecule has 0 bridgehead atoms. The van der Waals surface area contributed by atoms with Crippen LogP contribution in [0, 0.1) is 12.7 Å². The van der Waals surface area contributed by atoms with Crippen LogP contribution in [0.2, 0.25) is 0 Å². The first-order chi connectivity index (χ1) is 14.7. The summed E-state index contributed by atoms with van der Waals surface area (Å²) in [6.45, 7) is 1.73. The fraction of sp³-hybridized carbons (Fsp3) is 0.150. The highest BCUT2D eigenvalue weighted by atomic mass is 19.4. The SMILES string of the molecule is CO[n+]1c(N)cc(-n2c(C)nc3ccc(F)cc32)nc1Nc1ccc(C(F)(F)F)cc1. The molecule has 0 unspecified atom stereocenters. The maximum absolute atomic E-state index is 13.8. The number of nitrogen functional groups attached to an aromatic ring is 1. The Bertz CT molecular complexity index is 1270. The van der Waals surface area contributed by atoms with Crippen LogP contribution in [-0.4, -0.2) is 21.6 Å². The van der Waals surface area contributed by atoms with Crippen LogP contribution in [0.1, 0.15) is 11.4 Å². The zero-order valence-corrected chi connectivity index (χ0v) is 16.4. The van der Waals surface area contributed by atoms with E-state index in [0.29, 0.717) is 28.4 Å². The fourth-order valence-electron chi connectivity index (χ4n) is 3.21. The number of aromatic nitrogens is 4. The number of nitrogens with two attached hydrogens (primary N) is 1. The molecule has 0 atom stereocenters. The average Bonchev–Trinajstić information content (AvgIpc) is 3.02. The van der Waals surface area contributed by atoms with E-state index in [2.05, 4.69) is 15.3 Å². The third-order valence-corrected chi connectivity index (χ3v) is 4.59. The van der Waals surface area contributed by atoms with Gasteiger partial charge in [0.05, 0.1) is 28.4 Å². The van der Waals surface area contributed by atoms with E-state index in [1.807, 2.05) is 0 Å². The van der Waals surface area contributed by atoms with E-state index in [9.17, 15) is 17.6 Å². The van der Waals surface area contributed by atoms with E-state index in [4.69, 9.17) is 10.6 Å². The van der Waals surface area contributed by atoms with E-state index in [-0.39, 0.29) is 11.8 Å². The number of aryl methyl sites for hydroxylation is 1. The summed E-state index contributed by atoms with van der Waals surface area (Å²) in [5, 5.41) is 2.90. The summed E-state index contributed by atoms with van der Waals surface area (Å²) in [5.74, 6) is 0.691. The lowest BCUT2D eigenvalue weighted by Crippen LogP contribution is -2.46. The molecule has 0 fully saturated rings. The number of rotatable bonds is 4. The van der Waals surface area contributed by atoms with Crippen molar-refractivity contribution in [3.05, 3.63) is 65.7 Å². The molecule has 2 aromatic heterocycles. The van der Waals surface area contributed by atoms with Gasteiger partial charge in [0.15, 0.2) is 0 Å². The zero-order valence-electron chi connectivity index (χ0n) is 16.4. The predicted molar refractivity (Wildman–Crippen MR) is 105 cm³/mol. The number of hydrogen-bond acceptors (Lipinski definition) is 5. The van der Waals surface area contributed by atoms with Gasteiger partial charge >= 0.3 is 12.1 Å². The lowest BCUT2D eigenvalue weighted by atomic mass is 10.2. The Hall–Kier alpha value is -3.89. The first kappa shape index (κ1) is 20.4. The van der Waals surface area contributed by atoms with Crippen molar-refractivity contribution in [2.45, 2.75) is 13.1 Å². The third-order valence-electron chi connectivity index (χ3n) is 4.59. The molecule has 0 aliphatic rings. The van der Waals surface area contributed by atoms with E-state index >= 15 is 0 Å². The smallest absolute Gasteiger partial charge is 0.371 e. The summed E-state index contributed by atoms with van der Waals surface area (Å²) in [6.07, 6.45) is -4.44. The van der Waals surface area contributed by atoms with Crippen LogP contribution in [0.5, 0.6) is 0 Å². The molecule has 4 rings (SSSR count). The van der Waals surface area contributed by atoms with Crippen molar-refractivity contribution in [1.29, 1.82) is 0 Å². The monoisotopic (exact) mass is 433 g/mol. The van der Waals surface area contributed by atoms with Gasteiger partial charge in [-0.2, -0.15) is 13.2 Å². The molecule has 2 heterocycles. The number of halogens is 4. The second kappa shape index (κ2) is 7.42. The zero-order chi connectivity index (χ0) is 22.3. The summed E-state index contributed by atoms with van der Waals surface area (Å²) in [4.78, 5) is 14.1. The van der Waals surface area contributed by atoms with Gasteiger partial charge in [0, 0.05) is 6.07 Å². The summed E-state index contributed by atoms with van der Waals surface area (Å²) in [5.41, 5.74) is 6.71. The highest BCUT2D eigenvalue weighted by Gasteiger charge is 2.30. The minimum absolute atomic E-state index is 0.106. The second-order valence-electron chi connectivity index (χ2n) is 6.67. The number of nitrogens with one attached hydrogen (secondary N) is 1. The molecule has 3 N–H and O–H groups in total. The molecular formula is C20H17F4N6O+. The van der Waals surface area contributed by atoms with Gasteiger partial charge < -0.3 is 10.6 Å². The summed E-state index contributed by atoms with van der Waals surface area (Å²) in [7, 11) is 1.36. The van der Waals surface area contributed by atoms with E-state index < -0.39 is 17.6 Å². The standard InChI is InChI=1S/C20H16F4N6O/c1-11-26-15-8-5-13(21)9-16(15)29(11)18-10-17(25)30(31-2)19(28-18)27-14-6-3-12(4-7-14)20(22,23)24/h3-10H,1-2H3,(H2,25,27,28)/p+1. The maximum atomic E-state index is 13.8. The molecule has 0 saturated heterocycles. The minimum Gasteiger partial charge on any atom is -0.371 e. The van der Waals surface area contributed by atoms with Crippen molar-refractivity contribution in [3.8, 4) is 5.82 Å². The number of fused-ring (bicyclic) bond motifs is 1. The van der Waals surface area contributed by atoms with Gasteiger partial charge in [0.25, 0.3) is 0 Å².